The number of carbonyl (C=O) groups excluding carboxylic acids is 1. The van der Waals surface area contributed by atoms with Gasteiger partial charge in [0.05, 0.1) is 21.1 Å². The standard InChI is InChI=1S/C23H21Cl2N7O2/c24-15-3-1-2-14(17(15)25)18-16-19(20(26)34)28-22(29-21(16)31-30-18)32-10-8-23(27,9-11-32)12-4-6-13(33)7-5-12/h1-7,33H,8-11,27H2,(H2,26,34)(H,28,29,30,31). The Labute approximate surface area is 204 Å². The Bertz CT molecular complexity index is 1400. The number of anilines is 1. The number of fused-ring (bicyclic) bond motifs is 1. The molecule has 2 aromatic carbocycles. The lowest BCUT2D eigenvalue weighted by Crippen LogP contribution is -2.48. The third kappa shape index (κ3) is 3.81. The lowest BCUT2D eigenvalue weighted by molar-refractivity contribution is 0.0997. The molecule has 4 aromatic rings. The number of H-pyrrole nitrogens is 1. The van der Waals surface area contributed by atoms with E-state index < -0.39 is 11.4 Å². The molecule has 1 amide bonds. The zero-order valence-corrected chi connectivity index (χ0v) is 19.4. The molecule has 174 valence electrons. The van der Waals surface area contributed by atoms with Gasteiger partial charge in [-0.2, -0.15) is 10.1 Å². The van der Waals surface area contributed by atoms with Gasteiger partial charge in [-0.05, 0) is 36.6 Å². The zero-order valence-electron chi connectivity index (χ0n) is 17.9. The van der Waals surface area contributed by atoms with Crippen LogP contribution in [0.5, 0.6) is 5.75 Å². The molecule has 9 nitrogen and oxygen atoms in total. The highest BCUT2D eigenvalue weighted by Crippen LogP contribution is 2.37. The molecule has 2 aromatic heterocycles. The first kappa shape index (κ1) is 22.4. The van der Waals surface area contributed by atoms with E-state index in [-0.39, 0.29) is 11.4 Å². The van der Waals surface area contributed by atoms with Crippen molar-refractivity contribution >= 4 is 46.1 Å². The minimum Gasteiger partial charge on any atom is -0.508 e. The second kappa shape index (κ2) is 8.43. The van der Waals surface area contributed by atoms with Gasteiger partial charge in [0.25, 0.3) is 5.91 Å². The van der Waals surface area contributed by atoms with Gasteiger partial charge in [-0.3, -0.25) is 9.89 Å². The van der Waals surface area contributed by atoms with Crippen LogP contribution in [0.15, 0.2) is 42.5 Å². The number of rotatable bonds is 4. The molecule has 0 unspecified atom stereocenters. The summed E-state index contributed by atoms with van der Waals surface area (Å²) in [6.07, 6.45) is 1.27. The highest BCUT2D eigenvalue weighted by Gasteiger charge is 2.34. The molecule has 1 aliphatic rings. The topological polar surface area (TPSA) is 147 Å². The van der Waals surface area contributed by atoms with Crippen LogP contribution in [0.25, 0.3) is 22.3 Å². The normalized spacial score (nSPS) is 15.6. The summed E-state index contributed by atoms with van der Waals surface area (Å²) in [7, 11) is 0. The number of nitrogens with zero attached hydrogens (tertiary/aromatic N) is 4. The van der Waals surface area contributed by atoms with Crippen LogP contribution in [0.1, 0.15) is 28.9 Å². The van der Waals surface area contributed by atoms with E-state index in [2.05, 4.69) is 20.2 Å². The largest absolute Gasteiger partial charge is 0.508 e. The van der Waals surface area contributed by atoms with Crippen LogP contribution >= 0.6 is 23.2 Å². The number of halogens is 2. The second-order valence-corrected chi connectivity index (χ2v) is 9.11. The molecule has 0 aliphatic carbocycles. The van der Waals surface area contributed by atoms with E-state index in [9.17, 15) is 9.90 Å². The zero-order chi connectivity index (χ0) is 24.0. The summed E-state index contributed by atoms with van der Waals surface area (Å²) in [5, 5.41) is 17.8. The van der Waals surface area contributed by atoms with Crippen molar-refractivity contribution in [2.75, 3.05) is 18.0 Å². The van der Waals surface area contributed by atoms with E-state index in [1.54, 1.807) is 30.3 Å². The fourth-order valence-corrected chi connectivity index (χ4v) is 4.71. The molecule has 0 bridgehead atoms. The van der Waals surface area contributed by atoms with Gasteiger partial charge >= 0.3 is 0 Å². The van der Waals surface area contributed by atoms with Crippen molar-refractivity contribution < 1.29 is 9.90 Å². The molecule has 0 radical (unpaired) electrons. The number of aromatic hydroxyl groups is 1. The third-order valence-electron chi connectivity index (χ3n) is 6.24. The Morgan fingerprint density at radius 1 is 1.09 bits per heavy atom. The van der Waals surface area contributed by atoms with E-state index >= 15 is 0 Å². The average Bonchev–Trinajstić information content (AvgIpc) is 3.25. The SMILES string of the molecule is NC(=O)c1nc(N2CCC(N)(c3ccc(O)cc3)CC2)nc2n[nH]c(-c3cccc(Cl)c3Cl)c12. The lowest BCUT2D eigenvalue weighted by atomic mass is 9.82. The first-order valence-electron chi connectivity index (χ1n) is 10.6. The smallest absolute Gasteiger partial charge is 0.268 e. The van der Waals surface area contributed by atoms with Gasteiger partial charge < -0.3 is 21.5 Å². The highest BCUT2D eigenvalue weighted by atomic mass is 35.5. The van der Waals surface area contributed by atoms with Crippen LogP contribution < -0.4 is 16.4 Å². The molecule has 0 atom stereocenters. The predicted molar refractivity (Wildman–Crippen MR) is 131 cm³/mol. The number of nitrogens with one attached hydrogen (secondary N) is 1. The van der Waals surface area contributed by atoms with Crippen molar-refractivity contribution in [2.45, 2.75) is 18.4 Å². The summed E-state index contributed by atoms with van der Waals surface area (Å²) in [5.74, 6) is -0.157. The molecular weight excluding hydrogens is 477 g/mol. The number of phenols is 1. The first-order chi connectivity index (χ1) is 16.3. The van der Waals surface area contributed by atoms with Crippen LogP contribution in [-0.2, 0) is 5.54 Å². The van der Waals surface area contributed by atoms with Crippen LogP contribution in [0, 0.1) is 0 Å². The van der Waals surface area contributed by atoms with Crippen LogP contribution in [-0.4, -0.2) is 44.3 Å². The van der Waals surface area contributed by atoms with Crippen molar-refractivity contribution in [3.8, 4) is 17.0 Å². The Morgan fingerprint density at radius 3 is 2.47 bits per heavy atom. The molecule has 5 rings (SSSR count). The summed E-state index contributed by atoms with van der Waals surface area (Å²) >= 11 is 12.6. The molecule has 3 heterocycles. The van der Waals surface area contributed by atoms with Crippen LogP contribution in [0.2, 0.25) is 10.0 Å². The number of carbonyl (C=O) groups is 1. The maximum Gasteiger partial charge on any atom is 0.268 e. The minimum atomic E-state index is -0.705. The van der Waals surface area contributed by atoms with Gasteiger partial charge in [0.1, 0.15) is 11.4 Å². The summed E-state index contributed by atoms with van der Waals surface area (Å²) in [6.45, 7) is 1.14. The number of piperidine rings is 1. The number of phenolic OH excluding ortho intramolecular Hbond substituents is 1. The van der Waals surface area contributed by atoms with E-state index in [0.29, 0.717) is 64.2 Å². The number of primary amides is 1. The molecular formula is C23H21Cl2N7O2. The molecule has 6 N–H and O–H groups in total. The van der Waals surface area contributed by atoms with Gasteiger partial charge in [0.2, 0.25) is 5.95 Å². The highest BCUT2D eigenvalue weighted by molar-refractivity contribution is 6.43. The predicted octanol–water partition coefficient (Wildman–Crippen LogP) is 3.59. The van der Waals surface area contributed by atoms with Crippen molar-refractivity contribution in [3.63, 3.8) is 0 Å². The average molecular weight is 498 g/mol. The summed E-state index contributed by atoms with van der Waals surface area (Å²) < 4.78 is 0. The van der Waals surface area contributed by atoms with E-state index in [1.807, 2.05) is 17.0 Å². The number of amides is 1. The third-order valence-corrected chi connectivity index (χ3v) is 7.06. The Balaban J connectivity index is 1.49. The molecule has 1 fully saturated rings. The quantitative estimate of drug-likeness (QED) is 0.336. The number of nitrogens with two attached hydrogens (primary N) is 2. The number of aromatic amines is 1. The van der Waals surface area contributed by atoms with E-state index in [0.717, 1.165) is 5.56 Å². The van der Waals surface area contributed by atoms with Gasteiger partial charge in [-0.1, -0.05) is 47.5 Å². The number of hydrogen-bond donors (Lipinski definition) is 4. The fraction of sp³-hybridized carbons (Fsp3) is 0.217. The maximum atomic E-state index is 12.4. The van der Waals surface area contributed by atoms with Crippen LogP contribution in [0.3, 0.4) is 0 Å². The van der Waals surface area contributed by atoms with Crippen molar-refractivity contribution in [1.29, 1.82) is 0 Å². The summed E-state index contributed by atoms with van der Waals surface area (Å²) in [4.78, 5) is 23.4. The number of aromatic nitrogens is 4. The second-order valence-electron chi connectivity index (χ2n) is 8.33. The molecule has 11 heteroatoms. The number of hydrogen-bond acceptors (Lipinski definition) is 7. The van der Waals surface area contributed by atoms with Gasteiger partial charge in [-0.25, -0.2) is 4.98 Å². The summed E-state index contributed by atoms with van der Waals surface area (Å²) in [6, 6.07) is 12.1. The minimum absolute atomic E-state index is 0.0444. The van der Waals surface area contributed by atoms with E-state index in [4.69, 9.17) is 34.7 Å². The van der Waals surface area contributed by atoms with Gasteiger partial charge in [0.15, 0.2) is 5.65 Å². The van der Waals surface area contributed by atoms with Gasteiger partial charge in [-0.15, -0.1) is 0 Å². The first-order valence-corrected chi connectivity index (χ1v) is 11.4. The molecule has 1 saturated heterocycles. The monoisotopic (exact) mass is 497 g/mol. The van der Waals surface area contributed by atoms with Crippen molar-refractivity contribution in [2.24, 2.45) is 11.5 Å². The maximum absolute atomic E-state index is 12.4. The van der Waals surface area contributed by atoms with E-state index in [1.165, 1.54) is 0 Å². The van der Waals surface area contributed by atoms with Crippen LogP contribution in [0.4, 0.5) is 5.95 Å². The molecule has 0 spiro atoms. The van der Waals surface area contributed by atoms with Crippen molar-refractivity contribution in [1.82, 2.24) is 20.2 Å². The molecule has 34 heavy (non-hydrogen) atoms. The van der Waals surface area contributed by atoms with Crippen molar-refractivity contribution in [3.05, 3.63) is 63.8 Å². The Kier molecular flexibility index (Phi) is 5.55. The Hall–Kier alpha value is -3.40. The van der Waals surface area contributed by atoms with Gasteiger partial charge in [0, 0.05) is 24.2 Å². The Morgan fingerprint density at radius 2 is 1.79 bits per heavy atom. The molecule has 0 saturated carbocycles. The summed E-state index contributed by atoms with van der Waals surface area (Å²) in [5.41, 5.74) is 14.2. The molecule has 1 aliphatic heterocycles. The number of benzene rings is 2. The fourth-order valence-electron chi connectivity index (χ4n) is 4.31. The lowest BCUT2D eigenvalue weighted by Gasteiger charge is -2.39.